The maximum absolute atomic E-state index is 5.79. The Hall–Kier alpha value is -1.69. The molecule has 2 heterocycles. The Labute approximate surface area is 109 Å². The largest absolute Gasteiger partial charge is 0.384 e. The fourth-order valence-corrected chi connectivity index (χ4v) is 2.48. The number of hydrogen-bond donors (Lipinski definition) is 2. The van der Waals surface area contributed by atoms with Gasteiger partial charge in [-0.05, 0) is 19.8 Å². The topological polar surface area (TPSA) is 76.7 Å². The van der Waals surface area contributed by atoms with Gasteiger partial charge in [-0.2, -0.15) is 0 Å². The first-order valence-electron chi connectivity index (χ1n) is 6.00. The van der Waals surface area contributed by atoms with Crippen molar-refractivity contribution in [3.8, 4) is 0 Å². The fraction of sp³-hybridized carbons (Fsp3) is 0.417. The maximum atomic E-state index is 5.79. The van der Waals surface area contributed by atoms with Crippen LogP contribution >= 0.6 is 11.3 Å². The van der Waals surface area contributed by atoms with Crippen molar-refractivity contribution in [1.82, 2.24) is 15.0 Å². The van der Waals surface area contributed by atoms with Crippen LogP contribution in [0.2, 0.25) is 0 Å². The number of nitrogens with one attached hydrogen (secondary N) is 1. The summed E-state index contributed by atoms with van der Waals surface area (Å²) in [5.74, 6) is 2.70. The number of hydrogen-bond acceptors (Lipinski definition) is 6. The summed E-state index contributed by atoms with van der Waals surface area (Å²) in [5.41, 5.74) is 5.79. The van der Waals surface area contributed by atoms with E-state index in [0.717, 1.165) is 16.6 Å². The molecule has 3 N–H and O–H groups in total. The van der Waals surface area contributed by atoms with Crippen LogP contribution < -0.4 is 11.1 Å². The molecular weight excluding hydrogens is 246 g/mol. The summed E-state index contributed by atoms with van der Waals surface area (Å²) in [6.45, 7) is 2.73. The molecule has 1 aliphatic rings. The zero-order chi connectivity index (χ0) is 12.5. The predicted octanol–water partition coefficient (Wildman–Crippen LogP) is 2.31. The lowest BCUT2D eigenvalue weighted by Gasteiger charge is -2.06. The minimum absolute atomic E-state index is 0.510. The normalized spacial score (nSPS) is 14.7. The van der Waals surface area contributed by atoms with Crippen molar-refractivity contribution in [3.63, 3.8) is 0 Å². The van der Waals surface area contributed by atoms with Crippen molar-refractivity contribution in [2.45, 2.75) is 32.2 Å². The average Bonchev–Trinajstić information content (AvgIpc) is 3.10. The van der Waals surface area contributed by atoms with Gasteiger partial charge in [0.1, 0.15) is 22.5 Å². The van der Waals surface area contributed by atoms with E-state index in [-0.39, 0.29) is 0 Å². The number of nitrogens with zero attached hydrogens (tertiary/aromatic N) is 3. The van der Waals surface area contributed by atoms with E-state index >= 15 is 0 Å². The summed E-state index contributed by atoms with van der Waals surface area (Å²) in [4.78, 5) is 14.3. The van der Waals surface area contributed by atoms with Gasteiger partial charge < -0.3 is 11.1 Å². The third-order valence-corrected chi connectivity index (χ3v) is 3.71. The molecule has 1 aliphatic carbocycles. The van der Waals surface area contributed by atoms with Gasteiger partial charge in [-0.25, -0.2) is 15.0 Å². The molecule has 0 spiro atoms. The molecule has 1 fully saturated rings. The molecule has 0 saturated heterocycles. The maximum Gasteiger partial charge on any atom is 0.136 e. The molecule has 6 heteroatoms. The van der Waals surface area contributed by atoms with Crippen molar-refractivity contribution < 1.29 is 0 Å². The van der Waals surface area contributed by atoms with Crippen molar-refractivity contribution in [3.05, 3.63) is 28.0 Å². The lowest BCUT2D eigenvalue weighted by atomic mass is 10.4. The molecule has 0 bridgehead atoms. The quantitative estimate of drug-likeness (QED) is 0.883. The summed E-state index contributed by atoms with van der Waals surface area (Å²) in [7, 11) is 0. The fourth-order valence-electron chi connectivity index (χ4n) is 1.75. The van der Waals surface area contributed by atoms with E-state index in [1.165, 1.54) is 17.7 Å². The minimum atomic E-state index is 0.510. The second-order valence-corrected chi connectivity index (χ2v) is 5.85. The van der Waals surface area contributed by atoms with Crippen LogP contribution in [0.15, 0.2) is 12.3 Å². The van der Waals surface area contributed by atoms with Crippen LogP contribution in [0.4, 0.5) is 11.6 Å². The Morgan fingerprint density at radius 2 is 2.28 bits per heavy atom. The monoisotopic (exact) mass is 261 g/mol. The third kappa shape index (κ3) is 2.59. The molecule has 18 heavy (non-hydrogen) atoms. The highest BCUT2D eigenvalue weighted by Crippen LogP contribution is 2.38. The second kappa shape index (κ2) is 4.53. The molecule has 2 aromatic rings. The number of anilines is 2. The van der Waals surface area contributed by atoms with Crippen LogP contribution in [0.25, 0.3) is 0 Å². The van der Waals surface area contributed by atoms with E-state index in [4.69, 9.17) is 5.73 Å². The first-order chi connectivity index (χ1) is 8.70. The second-order valence-electron chi connectivity index (χ2n) is 4.53. The number of thiazole rings is 1. The molecule has 3 rings (SSSR count). The van der Waals surface area contributed by atoms with Gasteiger partial charge in [-0.1, -0.05) is 0 Å². The molecule has 0 unspecified atom stereocenters. The first-order valence-corrected chi connectivity index (χ1v) is 6.82. The lowest BCUT2D eigenvalue weighted by molar-refractivity contribution is 0.925. The Morgan fingerprint density at radius 3 is 2.94 bits per heavy atom. The van der Waals surface area contributed by atoms with E-state index in [2.05, 4.69) is 27.2 Å². The Bertz CT molecular complexity index is 561. The van der Waals surface area contributed by atoms with Crippen LogP contribution in [0.1, 0.15) is 34.5 Å². The molecular formula is C12H15N5S. The number of nitrogens with two attached hydrogens (primary N) is 1. The van der Waals surface area contributed by atoms with Crippen molar-refractivity contribution in [2.24, 2.45) is 0 Å². The zero-order valence-corrected chi connectivity index (χ0v) is 11.0. The van der Waals surface area contributed by atoms with E-state index in [1.807, 2.05) is 6.20 Å². The standard InChI is InChI=1S/C12H15N5S/c1-7-5-15-11(18-7)6-14-10-4-9(13)16-12(17-10)8-2-3-8/h4-5,8H,2-3,6H2,1H3,(H3,13,14,16,17). The molecule has 0 amide bonds. The molecule has 0 atom stereocenters. The number of aryl methyl sites for hydroxylation is 1. The number of aromatic nitrogens is 3. The lowest BCUT2D eigenvalue weighted by Crippen LogP contribution is -2.05. The molecule has 5 nitrogen and oxygen atoms in total. The molecule has 94 valence electrons. The Kier molecular flexibility index (Phi) is 2.87. The van der Waals surface area contributed by atoms with Crippen LogP contribution in [0.5, 0.6) is 0 Å². The molecule has 0 aromatic carbocycles. The van der Waals surface area contributed by atoms with Gasteiger partial charge in [0, 0.05) is 23.1 Å². The van der Waals surface area contributed by atoms with Crippen molar-refractivity contribution in [1.29, 1.82) is 0 Å². The van der Waals surface area contributed by atoms with E-state index in [9.17, 15) is 0 Å². The summed E-state index contributed by atoms with van der Waals surface area (Å²) in [6, 6.07) is 1.77. The summed E-state index contributed by atoms with van der Waals surface area (Å²) < 4.78 is 0. The summed E-state index contributed by atoms with van der Waals surface area (Å²) >= 11 is 1.69. The molecule has 0 aliphatic heterocycles. The first kappa shape index (κ1) is 11.4. The van der Waals surface area contributed by atoms with Gasteiger partial charge in [-0.15, -0.1) is 11.3 Å². The number of nitrogen functional groups attached to an aromatic ring is 1. The van der Waals surface area contributed by atoms with E-state index < -0.39 is 0 Å². The van der Waals surface area contributed by atoms with Gasteiger partial charge in [0.05, 0.1) is 6.54 Å². The van der Waals surface area contributed by atoms with E-state index in [0.29, 0.717) is 18.3 Å². The molecule has 2 aromatic heterocycles. The van der Waals surface area contributed by atoms with Gasteiger partial charge in [-0.3, -0.25) is 0 Å². The summed E-state index contributed by atoms with van der Waals surface area (Å²) in [6.07, 6.45) is 4.23. The average molecular weight is 261 g/mol. The highest BCUT2D eigenvalue weighted by Gasteiger charge is 2.27. The van der Waals surface area contributed by atoms with Crippen LogP contribution in [0, 0.1) is 6.92 Å². The van der Waals surface area contributed by atoms with Gasteiger partial charge in [0.15, 0.2) is 0 Å². The Morgan fingerprint density at radius 1 is 1.44 bits per heavy atom. The smallest absolute Gasteiger partial charge is 0.136 e. The highest BCUT2D eigenvalue weighted by molar-refractivity contribution is 7.11. The molecule has 1 saturated carbocycles. The van der Waals surface area contributed by atoms with Crippen LogP contribution in [0.3, 0.4) is 0 Å². The SMILES string of the molecule is Cc1cnc(CNc2cc(N)nc(C3CC3)n2)s1. The van der Waals surface area contributed by atoms with Crippen molar-refractivity contribution in [2.75, 3.05) is 11.1 Å². The number of rotatable bonds is 4. The van der Waals surface area contributed by atoms with Gasteiger partial charge in [0.2, 0.25) is 0 Å². The summed E-state index contributed by atoms with van der Waals surface area (Å²) in [5, 5.41) is 4.31. The van der Waals surface area contributed by atoms with Crippen molar-refractivity contribution >= 4 is 23.0 Å². The molecule has 0 radical (unpaired) electrons. The van der Waals surface area contributed by atoms with E-state index in [1.54, 1.807) is 17.4 Å². The van der Waals surface area contributed by atoms with Gasteiger partial charge in [0.25, 0.3) is 0 Å². The van der Waals surface area contributed by atoms with Gasteiger partial charge >= 0.3 is 0 Å². The third-order valence-electron chi connectivity index (χ3n) is 2.80. The Balaban J connectivity index is 1.71. The zero-order valence-electron chi connectivity index (χ0n) is 10.2. The highest BCUT2D eigenvalue weighted by atomic mass is 32.1. The van der Waals surface area contributed by atoms with Crippen LogP contribution in [-0.2, 0) is 6.54 Å². The minimum Gasteiger partial charge on any atom is -0.384 e. The van der Waals surface area contributed by atoms with Crippen LogP contribution in [-0.4, -0.2) is 15.0 Å². The predicted molar refractivity (Wildman–Crippen MR) is 72.6 cm³/mol.